The van der Waals surface area contributed by atoms with E-state index in [0.29, 0.717) is 36.7 Å². The van der Waals surface area contributed by atoms with E-state index in [1.165, 1.54) is 12.8 Å². The minimum absolute atomic E-state index is 0. The summed E-state index contributed by atoms with van der Waals surface area (Å²) in [6.45, 7) is 8.16. The summed E-state index contributed by atoms with van der Waals surface area (Å²) in [4.78, 5) is 12.8. The third-order valence-electron chi connectivity index (χ3n) is 4.35. The molecule has 1 saturated carbocycles. The van der Waals surface area contributed by atoms with E-state index in [-0.39, 0.29) is 29.4 Å². The minimum Gasteiger partial charge on any atom is -0.477 e. The van der Waals surface area contributed by atoms with Gasteiger partial charge in [-0.3, -0.25) is 4.99 Å². The smallest absolute Gasteiger partial charge is 0.213 e. The molecule has 154 valence electrons. The average Bonchev–Trinajstić information content (AvgIpc) is 3.34. The molecule has 1 fully saturated rings. The van der Waals surface area contributed by atoms with Gasteiger partial charge in [-0.2, -0.15) is 0 Å². The van der Waals surface area contributed by atoms with Crippen LogP contribution in [-0.4, -0.2) is 29.6 Å². The molecule has 3 rings (SSSR count). The van der Waals surface area contributed by atoms with E-state index in [1.54, 1.807) is 19.4 Å². The molecule has 7 nitrogen and oxygen atoms in total. The molecule has 0 saturated heterocycles. The van der Waals surface area contributed by atoms with Gasteiger partial charge < -0.3 is 19.8 Å². The normalized spacial score (nSPS) is 14.4. The molecule has 0 aromatic carbocycles. The van der Waals surface area contributed by atoms with E-state index in [1.807, 2.05) is 12.1 Å². The summed E-state index contributed by atoms with van der Waals surface area (Å²) >= 11 is 0. The van der Waals surface area contributed by atoms with Crippen LogP contribution < -0.4 is 15.4 Å². The molecule has 1 aliphatic rings. The molecule has 0 bridgehead atoms. The number of nitrogens with zero attached hydrogens (tertiary/aromatic N) is 3. The summed E-state index contributed by atoms with van der Waals surface area (Å²) in [5.41, 5.74) is 1.04. The molecule has 2 heterocycles. The molecule has 0 aliphatic heterocycles. The van der Waals surface area contributed by atoms with Gasteiger partial charge in [0.2, 0.25) is 11.8 Å². The highest BCUT2D eigenvalue weighted by Gasteiger charge is 2.22. The third kappa shape index (κ3) is 6.96. The highest BCUT2D eigenvalue weighted by Crippen LogP contribution is 2.29. The summed E-state index contributed by atoms with van der Waals surface area (Å²) in [6.07, 6.45) is 6.10. The molecule has 8 heteroatoms. The van der Waals surface area contributed by atoms with Gasteiger partial charge in [0.1, 0.15) is 5.76 Å². The number of pyridine rings is 1. The lowest BCUT2D eigenvalue weighted by Crippen LogP contribution is -2.36. The molecule has 2 aromatic rings. The Morgan fingerprint density at radius 3 is 2.64 bits per heavy atom. The number of ether oxygens (including phenoxy) is 1. The molecule has 0 radical (unpaired) electrons. The Morgan fingerprint density at radius 2 is 2.00 bits per heavy atom. The first kappa shape index (κ1) is 22.4. The van der Waals surface area contributed by atoms with Crippen LogP contribution >= 0.6 is 24.0 Å². The second kappa shape index (κ2) is 10.1. The topological polar surface area (TPSA) is 84.6 Å². The highest BCUT2D eigenvalue weighted by molar-refractivity contribution is 14.0. The van der Waals surface area contributed by atoms with Crippen LogP contribution in [0.2, 0.25) is 0 Å². The monoisotopic (exact) mass is 499 g/mol. The van der Waals surface area contributed by atoms with E-state index in [0.717, 1.165) is 17.9 Å². The predicted molar refractivity (Wildman–Crippen MR) is 120 cm³/mol. The Hall–Kier alpha value is -1.84. The van der Waals surface area contributed by atoms with Crippen molar-refractivity contribution in [2.45, 2.75) is 52.1 Å². The number of hydrogen-bond acceptors (Lipinski definition) is 5. The first-order valence-corrected chi connectivity index (χ1v) is 9.41. The predicted octanol–water partition coefficient (Wildman–Crippen LogP) is 3.64. The molecule has 1 aliphatic carbocycles. The van der Waals surface area contributed by atoms with Gasteiger partial charge in [-0.25, -0.2) is 9.97 Å². The van der Waals surface area contributed by atoms with Crippen molar-refractivity contribution in [3.8, 4) is 5.88 Å². The molecular formula is C20H30IN5O2. The number of rotatable bonds is 7. The molecule has 2 N–H and O–H groups in total. The Kier molecular flexibility index (Phi) is 8.09. The van der Waals surface area contributed by atoms with Gasteiger partial charge in [-0.05, 0) is 30.4 Å². The van der Waals surface area contributed by atoms with Crippen molar-refractivity contribution >= 4 is 29.9 Å². The highest BCUT2D eigenvalue weighted by atomic mass is 127. The molecule has 0 amide bonds. The van der Waals surface area contributed by atoms with Crippen LogP contribution in [0.4, 0.5) is 0 Å². The van der Waals surface area contributed by atoms with Crippen LogP contribution in [0.1, 0.15) is 50.8 Å². The number of guanidine groups is 1. The van der Waals surface area contributed by atoms with Gasteiger partial charge in [0.25, 0.3) is 0 Å². The van der Waals surface area contributed by atoms with Crippen LogP contribution in [0, 0.1) is 5.92 Å². The first-order chi connectivity index (χ1) is 12.9. The summed E-state index contributed by atoms with van der Waals surface area (Å²) in [7, 11) is 1.74. The maximum atomic E-state index is 5.79. The minimum atomic E-state index is -0.0498. The fourth-order valence-electron chi connectivity index (χ4n) is 2.43. The Labute approximate surface area is 183 Å². The zero-order chi connectivity index (χ0) is 19.3. The SMILES string of the molecule is CN=C(NCc1ccnc(OCC2CC2)c1)NCc1ncc(C(C)(C)C)o1.I. The van der Waals surface area contributed by atoms with E-state index in [9.17, 15) is 0 Å². The summed E-state index contributed by atoms with van der Waals surface area (Å²) in [5.74, 6) is 3.59. The lowest BCUT2D eigenvalue weighted by molar-refractivity contribution is 0.288. The van der Waals surface area contributed by atoms with Crippen molar-refractivity contribution in [2.24, 2.45) is 10.9 Å². The van der Waals surface area contributed by atoms with Crippen molar-refractivity contribution < 1.29 is 9.15 Å². The van der Waals surface area contributed by atoms with Gasteiger partial charge in [0.05, 0.1) is 19.3 Å². The zero-order valence-electron chi connectivity index (χ0n) is 17.0. The number of nitrogens with one attached hydrogen (secondary N) is 2. The Balaban J connectivity index is 0.00000280. The molecule has 0 atom stereocenters. The fraction of sp³-hybridized carbons (Fsp3) is 0.550. The molecule has 28 heavy (non-hydrogen) atoms. The summed E-state index contributed by atoms with van der Waals surface area (Å²) < 4.78 is 11.5. The van der Waals surface area contributed by atoms with Gasteiger partial charge >= 0.3 is 0 Å². The Morgan fingerprint density at radius 1 is 1.25 bits per heavy atom. The lowest BCUT2D eigenvalue weighted by Gasteiger charge is -2.13. The van der Waals surface area contributed by atoms with Crippen molar-refractivity contribution in [3.05, 3.63) is 41.7 Å². The molecule has 0 spiro atoms. The Bertz CT molecular complexity index is 781. The van der Waals surface area contributed by atoms with Crippen molar-refractivity contribution in [1.82, 2.24) is 20.6 Å². The van der Waals surface area contributed by atoms with Crippen LogP contribution in [0.5, 0.6) is 5.88 Å². The largest absolute Gasteiger partial charge is 0.477 e. The van der Waals surface area contributed by atoms with Crippen LogP contribution in [0.3, 0.4) is 0 Å². The van der Waals surface area contributed by atoms with Crippen molar-refractivity contribution in [3.63, 3.8) is 0 Å². The number of aliphatic imine (C=N–C) groups is 1. The van der Waals surface area contributed by atoms with E-state index < -0.39 is 0 Å². The van der Waals surface area contributed by atoms with Crippen molar-refractivity contribution in [2.75, 3.05) is 13.7 Å². The molecule has 2 aromatic heterocycles. The summed E-state index contributed by atoms with van der Waals surface area (Å²) in [6, 6.07) is 3.93. The van der Waals surface area contributed by atoms with Crippen LogP contribution in [0.15, 0.2) is 33.9 Å². The maximum Gasteiger partial charge on any atom is 0.213 e. The van der Waals surface area contributed by atoms with E-state index >= 15 is 0 Å². The third-order valence-corrected chi connectivity index (χ3v) is 4.35. The summed E-state index contributed by atoms with van der Waals surface area (Å²) in [5, 5.41) is 6.50. The quantitative estimate of drug-likeness (QED) is 0.344. The second-order valence-corrected chi connectivity index (χ2v) is 7.90. The number of hydrogen-bond donors (Lipinski definition) is 2. The lowest BCUT2D eigenvalue weighted by atomic mass is 9.94. The van der Waals surface area contributed by atoms with Crippen LogP contribution in [-0.2, 0) is 18.5 Å². The van der Waals surface area contributed by atoms with Gasteiger partial charge in [-0.15, -0.1) is 24.0 Å². The average molecular weight is 499 g/mol. The molecule has 0 unspecified atom stereocenters. The van der Waals surface area contributed by atoms with Gasteiger partial charge in [-0.1, -0.05) is 20.8 Å². The van der Waals surface area contributed by atoms with Gasteiger partial charge in [0, 0.05) is 31.3 Å². The van der Waals surface area contributed by atoms with E-state index in [4.69, 9.17) is 9.15 Å². The number of oxazole rings is 1. The fourth-order valence-corrected chi connectivity index (χ4v) is 2.43. The van der Waals surface area contributed by atoms with Crippen LogP contribution in [0.25, 0.3) is 0 Å². The first-order valence-electron chi connectivity index (χ1n) is 9.41. The van der Waals surface area contributed by atoms with E-state index in [2.05, 4.69) is 46.4 Å². The number of aromatic nitrogens is 2. The standard InChI is InChI=1S/C20H29N5O2.HI/c1-20(2,3)16-11-23-18(27-16)12-25-19(21-4)24-10-15-7-8-22-17(9-15)26-13-14-5-6-14;/h7-9,11,14H,5-6,10,12-13H2,1-4H3,(H2,21,24,25);1H. The van der Waals surface area contributed by atoms with Gasteiger partial charge in [0.15, 0.2) is 5.96 Å². The zero-order valence-corrected chi connectivity index (χ0v) is 19.3. The maximum absolute atomic E-state index is 5.79. The van der Waals surface area contributed by atoms with Crippen molar-refractivity contribution in [1.29, 1.82) is 0 Å². The number of halogens is 1. The second-order valence-electron chi connectivity index (χ2n) is 7.90. The molecular weight excluding hydrogens is 469 g/mol.